The molecular weight excluding hydrogens is 283 g/mol. The monoisotopic (exact) mass is 304 g/mol. The molecule has 22 heavy (non-hydrogen) atoms. The summed E-state index contributed by atoms with van der Waals surface area (Å²) >= 11 is 0. The standard InChI is InChI=1S/C17H21FN2O2/c1-12-15(21)19-10-3-11-20(12)16(22)17(8-2-9-17)13-4-6-14(18)7-5-13/h4-7,12H,2-3,8-11H2,1H3,(H,19,21). The molecule has 5 heteroatoms. The molecule has 1 aromatic carbocycles. The first-order valence-electron chi connectivity index (χ1n) is 7.89. The van der Waals surface area contributed by atoms with E-state index >= 15 is 0 Å². The summed E-state index contributed by atoms with van der Waals surface area (Å²) in [5, 5.41) is 2.83. The smallest absolute Gasteiger partial charge is 0.242 e. The average Bonchev–Trinajstić information content (AvgIpc) is 2.62. The molecule has 1 aliphatic carbocycles. The third-order valence-electron chi connectivity index (χ3n) is 5.00. The van der Waals surface area contributed by atoms with Gasteiger partial charge in [0.25, 0.3) is 0 Å². The van der Waals surface area contributed by atoms with Crippen molar-refractivity contribution < 1.29 is 14.0 Å². The first-order chi connectivity index (χ1) is 10.5. The van der Waals surface area contributed by atoms with Gasteiger partial charge < -0.3 is 10.2 Å². The summed E-state index contributed by atoms with van der Waals surface area (Å²) in [6.45, 7) is 2.97. The molecule has 0 aromatic heterocycles. The highest BCUT2D eigenvalue weighted by atomic mass is 19.1. The van der Waals surface area contributed by atoms with E-state index in [-0.39, 0.29) is 17.6 Å². The van der Waals surface area contributed by atoms with Gasteiger partial charge in [-0.25, -0.2) is 4.39 Å². The van der Waals surface area contributed by atoms with Gasteiger partial charge >= 0.3 is 0 Å². The lowest BCUT2D eigenvalue weighted by atomic mass is 9.63. The Morgan fingerprint density at radius 1 is 1.27 bits per heavy atom. The Bertz CT molecular complexity index is 581. The van der Waals surface area contributed by atoms with Crippen molar-refractivity contribution in [2.45, 2.75) is 44.1 Å². The molecule has 118 valence electrons. The second-order valence-electron chi connectivity index (χ2n) is 6.26. The molecular formula is C17H21FN2O2. The Hall–Kier alpha value is -1.91. The Kier molecular flexibility index (Phi) is 3.89. The van der Waals surface area contributed by atoms with E-state index in [0.29, 0.717) is 13.1 Å². The van der Waals surface area contributed by atoms with Crippen molar-refractivity contribution in [2.75, 3.05) is 13.1 Å². The van der Waals surface area contributed by atoms with Crippen molar-refractivity contribution in [3.63, 3.8) is 0 Å². The van der Waals surface area contributed by atoms with Crippen LogP contribution >= 0.6 is 0 Å². The van der Waals surface area contributed by atoms with Crippen LogP contribution in [0, 0.1) is 5.82 Å². The van der Waals surface area contributed by atoms with Crippen LogP contribution < -0.4 is 5.32 Å². The van der Waals surface area contributed by atoms with Crippen molar-refractivity contribution in [3.05, 3.63) is 35.6 Å². The van der Waals surface area contributed by atoms with Crippen LogP contribution in [0.1, 0.15) is 38.2 Å². The van der Waals surface area contributed by atoms with Crippen LogP contribution in [0.5, 0.6) is 0 Å². The number of hydrogen-bond acceptors (Lipinski definition) is 2. The van der Waals surface area contributed by atoms with E-state index in [4.69, 9.17) is 0 Å². The summed E-state index contributed by atoms with van der Waals surface area (Å²) < 4.78 is 13.2. The second-order valence-corrected chi connectivity index (χ2v) is 6.26. The summed E-state index contributed by atoms with van der Waals surface area (Å²) in [5.74, 6) is -0.387. The number of rotatable bonds is 2. The van der Waals surface area contributed by atoms with Gasteiger partial charge in [0.1, 0.15) is 11.9 Å². The zero-order valence-electron chi connectivity index (χ0n) is 12.8. The molecule has 0 radical (unpaired) electrons. The number of carbonyl (C=O) groups is 2. The summed E-state index contributed by atoms with van der Waals surface area (Å²) in [5.41, 5.74) is 0.286. The molecule has 1 unspecified atom stereocenters. The van der Waals surface area contributed by atoms with Gasteiger partial charge in [0.15, 0.2) is 0 Å². The van der Waals surface area contributed by atoms with Gasteiger partial charge in [0, 0.05) is 13.1 Å². The van der Waals surface area contributed by atoms with Gasteiger partial charge in [0.05, 0.1) is 5.41 Å². The fourth-order valence-electron chi connectivity index (χ4n) is 3.42. The molecule has 4 nitrogen and oxygen atoms in total. The van der Waals surface area contributed by atoms with Crippen LogP contribution in [-0.2, 0) is 15.0 Å². The Labute approximate surface area is 129 Å². The van der Waals surface area contributed by atoms with Crippen LogP contribution in [0.2, 0.25) is 0 Å². The maximum atomic E-state index is 13.2. The number of nitrogens with one attached hydrogen (secondary N) is 1. The van der Waals surface area contributed by atoms with Crippen molar-refractivity contribution >= 4 is 11.8 Å². The average molecular weight is 304 g/mol. The Morgan fingerprint density at radius 2 is 1.95 bits per heavy atom. The minimum Gasteiger partial charge on any atom is -0.354 e. The molecule has 1 heterocycles. The number of nitrogens with zero attached hydrogens (tertiary/aromatic N) is 1. The molecule has 2 aliphatic rings. The summed E-state index contributed by atoms with van der Waals surface area (Å²) in [7, 11) is 0. The third-order valence-corrected chi connectivity index (χ3v) is 5.00. The molecule has 2 amide bonds. The van der Waals surface area contributed by atoms with Gasteiger partial charge in [-0.15, -0.1) is 0 Å². The zero-order chi connectivity index (χ0) is 15.7. The Morgan fingerprint density at radius 3 is 2.55 bits per heavy atom. The Balaban J connectivity index is 1.90. The predicted octanol–water partition coefficient (Wildman–Crippen LogP) is 1.98. The minimum atomic E-state index is -0.577. The molecule has 1 saturated heterocycles. The fourth-order valence-corrected chi connectivity index (χ4v) is 3.42. The number of halogens is 1. The van der Waals surface area contributed by atoms with E-state index in [1.54, 1.807) is 24.0 Å². The van der Waals surface area contributed by atoms with Crippen molar-refractivity contribution in [1.82, 2.24) is 10.2 Å². The first kappa shape index (κ1) is 15.0. The van der Waals surface area contributed by atoms with E-state index < -0.39 is 11.5 Å². The quantitative estimate of drug-likeness (QED) is 0.908. The molecule has 1 N–H and O–H groups in total. The number of carbonyl (C=O) groups excluding carboxylic acids is 2. The highest BCUT2D eigenvalue weighted by Crippen LogP contribution is 2.45. The van der Waals surface area contributed by atoms with E-state index in [2.05, 4.69) is 5.32 Å². The predicted molar refractivity (Wildman–Crippen MR) is 80.7 cm³/mol. The summed E-state index contributed by atoms with van der Waals surface area (Å²) in [6.07, 6.45) is 3.28. The molecule has 3 rings (SSSR count). The molecule has 1 aromatic rings. The third kappa shape index (κ3) is 2.38. The van der Waals surface area contributed by atoms with Crippen LogP contribution in [0.3, 0.4) is 0 Å². The van der Waals surface area contributed by atoms with E-state index in [0.717, 1.165) is 31.2 Å². The summed E-state index contributed by atoms with van der Waals surface area (Å²) in [4.78, 5) is 26.8. The minimum absolute atomic E-state index is 0.00917. The van der Waals surface area contributed by atoms with Gasteiger partial charge in [-0.1, -0.05) is 18.6 Å². The second kappa shape index (κ2) is 5.71. The van der Waals surface area contributed by atoms with Crippen LogP contribution in [0.15, 0.2) is 24.3 Å². The topological polar surface area (TPSA) is 49.4 Å². The molecule has 2 fully saturated rings. The lowest BCUT2D eigenvalue weighted by molar-refractivity contribution is -0.146. The molecule has 0 bridgehead atoms. The fraction of sp³-hybridized carbons (Fsp3) is 0.529. The van der Waals surface area contributed by atoms with Gasteiger partial charge in [0.2, 0.25) is 11.8 Å². The highest BCUT2D eigenvalue weighted by molar-refractivity contribution is 5.94. The van der Waals surface area contributed by atoms with Crippen LogP contribution in [-0.4, -0.2) is 35.8 Å². The molecule has 1 aliphatic heterocycles. The molecule has 1 atom stereocenters. The van der Waals surface area contributed by atoms with E-state index in [1.165, 1.54) is 12.1 Å². The maximum absolute atomic E-state index is 13.2. The molecule has 0 spiro atoms. The first-order valence-corrected chi connectivity index (χ1v) is 7.89. The van der Waals surface area contributed by atoms with Crippen LogP contribution in [0.25, 0.3) is 0 Å². The zero-order valence-corrected chi connectivity index (χ0v) is 12.8. The lowest BCUT2D eigenvalue weighted by Crippen LogP contribution is -2.55. The lowest BCUT2D eigenvalue weighted by Gasteiger charge is -2.44. The van der Waals surface area contributed by atoms with Crippen molar-refractivity contribution in [3.8, 4) is 0 Å². The van der Waals surface area contributed by atoms with Gasteiger partial charge in [-0.2, -0.15) is 0 Å². The number of hydrogen-bond donors (Lipinski definition) is 1. The van der Waals surface area contributed by atoms with Crippen LogP contribution in [0.4, 0.5) is 4.39 Å². The van der Waals surface area contributed by atoms with Gasteiger partial charge in [-0.3, -0.25) is 9.59 Å². The van der Waals surface area contributed by atoms with Gasteiger partial charge in [-0.05, 0) is 43.9 Å². The highest BCUT2D eigenvalue weighted by Gasteiger charge is 2.49. The van der Waals surface area contributed by atoms with E-state index in [9.17, 15) is 14.0 Å². The van der Waals surface area contributed by atoms with E-state index in [1.807, 2.05) is 0 Å². The normalized spacial score (nSPS) is 24.2. The maximum Gasteiger partial charge on any atom is 0.242 e. The number of amides is 2. The van der Waals surface area contributed by atoms with Crippen molar-refractivity contribution in [2.24, 2.45) is 0 Å². The molecule has 1 saturated carbocycles. The largest absolute Gasteiger partial charge is 0.354 e. The number of benzene rings is 1. The SMILES string of the molecule is CC1C(=O)NCCCN1C(=O)C1(c2ccc(F)cc2)CCC1. The summed E-state index contributed by atoms with van der Waals surface area (Å²) in [6, 6.07) is 5.76. The van der Waals surface area contributed by atoms with Crippen molar-refractivity contribution in [1.29, 1.82) is 0 Å².